The maximum Gasteiger partial charge on any atom is 0.270 e. The number of alkyl halides is 1. The fraction of sp³-hybridized carbons (Fsp3) is 0.391. The Hall–Kier alpha value is -2.51. The summed E-state index contributed by atoms with van der Waals surface area (Å²) in [4.78, 5) is 30.5. The highest BCUT2D eigenvalue weighted by atomic mass is 35.5. The first-order valence-corrected chi connectivity index (χ1v) is 11.6. The molecule has 0 radical (unpaired) electrons. The summed E-state index contributed by atoms with van der Waals surface area (Å²) in [7, 11) is 1.65. The van der Waals surface area contributed by atoms with Gasteiger partial charge in [0.2, 0.25) is 5.91 Å². The predicted molar refractivity (Wildman–Crippen MR) is 124 cm³/mol. The van der Waals surface area contributed by atoms with Crippen LogP contribution in [0.5, 0.6) is 5.75 Å². The van der Waals surface area contributed by atoms with Crippen LogP contribution in [-0.4, -0.2) is 64.3 Å². The number of aromatic nitrogens is 1. The van der Waals surface area contributed by atoms with Crippen molar-refractivity contribution in [2.45, 2.75) is 31.8 Å². The van der Waals surface area contributed by atoms with Crippen molar-refractivity contribution in [2.24, 2.45) is 0 Å². The van der Waals surface area contributed by atoms with Crippen molar-refractivity contribution in [3.8, 4) is 5.75 Å². The molecule has 3 heterocycles. The molecule has 1 fully saturated rings. The maximum absolute atomic E-state index is 13.5. The van der Waals surface area contributed by atoms with Gasteiger partial charge in [0.15, 0.2) is 0 Å². The molecule has 1 aliphatic heterocycles. The van der Waals surface area contributed by atoms with Gasteiger partial charge in [-0.2, -0.15) is 0 Å². The second-order valence-electron chi connectivity index (χ2n) is 7.90. The van der Waals surface area contributed by atoms with E-state index in [9.17, 15) is 9.59 Å². The second kappa shape index (κ2) is 8.93. The highest BCUT2D eigenvalue weighted by Gasteiger charge is 2.32. The number of hydrogen-bond donors (Lipinski definition) is 0. The minimum atomic E-state index is -0.559. The van der Waals surface area contributed by atoms with Crippen molar-refractivity contribution in [2.75, 3.05) is 26.7 Å². The van der Waals surface area contributed by atoms with Crippen LogP contribution in [0.4, 0.5) is 0 Å². The molecule has 0 saturated carbocycles. The first-order valence-electron chi connectivity index (χ1n) is 10.3. The number of benzene rings is 1. The number of fused-ring (bicyclic) bond motifs is 1. The quantitative estimate of drug-likeness (QED) is 0.540. The predicted octanol–water partition coefficient (Wildman–Crippen LogP) is 4.06. The summed E-state index contributed by atoms with van der Waals surface area (Å²) in [6, 6.07) is 11.8. The highest BCUT2D eigenvalue weighted by Crippen LogP contribution is 2.28. The van der Waals surface area contributed by atoms with E-state index in [0.29, 0.717) is 31.9 Å². The lowest BCUT2D eigenvalue weighted by Gasteiger charge is -2.40. The molecule has 31 heavy (non-hydrogen) atoms. The molecule has 0 spiro atoms. The first-order chi connectivity index (χ1) is 14.9. The summed E-state index contributed by atoms with van der Waals surface area (Å²) in [5.41, 5.74) is 1.74. The average molecular weight is 460 g/mol. The first kappa shape index (κ1) is 21.7. The Morgan fingerprint density at radius 1 is 1.26 bits per heavy atom. The molecule has 2 aromatic heterocycles. The Kier molecular flexibility index (Phi) is 6.25. The zero-order valence-corrected chi connectivity index (χ0v) is 19.4. The third kappa shape index (κ3) is 4.29. The van der Waals surface area contributed by atoms with E-state index in [0.717, 1.165) is 21.5 Å². The van der Waals surface area contributed by atoms with E-state index in [-0.39, 0.29) is 17.9 Å². The lowest BCUT2D eigenvalue weighted by molar-refractivity contribution is -0.134. The number of rotatable bonds is 5. The number of halogens is 1. The Bertz CT molecular complexity index is 1110. The van der Waals surface area contributed by atoms with Crippen LogP contribution in [0.3, 0.4) is 0 Å². The van der Waals surface area contributed by atoms with Crippen LogP contribution in [0, 0.1) is 0 Å². The molecule has 2 atom stereocenters. The molecule has 8 heteroatoms. The Morgan fingerprint density at radius 3 is 2.77 bits per heavy atom. The SMILES string of the molecule is COc1cccc(Cn2c(C(=O)N3CCN(C(=O)C(C)Cl)C(C)C3)cc3ccsc32)c1. The fourth-order valence-corrected chi connectivity index (χ4v) is 5.14. The van der Waals surface area contributed by atoms with Crippen LogP contribution >= 0.6 is 22.9 Å². The van der Waals surface area contributed by atoms with Gasteiger partial charge < -0.3 is 19.1 Å². The lowest BCUT2D eigenvalue weighted by Crippen LogP contribution is -2.56. The van der Waals surface area contributed by atoms with Crippen molar-refractivity contribution in [1.82, 2.24) is 14.4 Å². The standard InChI is InChI=1S/C23H26ClN3O3S/c1-15-13-25(8-9-26(15)21(28)16(2)24)22(29)20-12-18-7-10-31-23(18)27(20)14-17-5-4-6-19(11-17)30-3/h4-7,10-12,15-16H,8-9,13-14H2,1-3H3. The zero-order chi connectivity index (χ0) is 22.1. The number of hydrogen-bond acceptors (Lipinski definition) is 4. The number of carbonyl (C=O) groups excluding carboxylic acids is 2. The van der Waals surface area contributed by atoms with E-state index in [1.54, 1.807) is 30.3 Å². The van der Waals surface area contributed by atoms with Crippen molar-refractivity contribution < 1.29 is 14.3 Å². The topological polar surface area (TPSA) is 54.8 Å². The Labute approximate surface area is 190 Å². The van der Waals surface area contributed by atoms with Gasteiger partial charge >= 0.3 is 0 Å². The largest absolute Gasteiger partial charge is 0.497 e. The second-order valence-corrected chi connectivity index (χ2v) is 9.45. The summed E-state index contributed by atoms with van der Waals surface area (Å²) in [5.74, 6) is 0.704. The molecule has 164 valence electrons. The van der Waals surface area contributed by atoms with Crippen LogP contribution in [-0.2, 0) is 11.3 Å². The van der Waals surface area contributed by atoms with E-state index < -0.39 is 5.38 Å². The van der Waals surface area contributed by atoms with Crippen LogP contribution in [0.2, 0.25) is 0 Å². The number of methoxy groups -OCH3 is 1. The van der Waals surface area contributed by atoms with Crippen LogP contribution < -0.4 is 4.74 Å². The van der Waals surface area contributed by atoms with Gasteiger partial charge in [0.1, 0.15) is 21.7 Å². The molecule has 2 amide bonds. The molecule has 4 rings (SSSR count). The van der Waals surface area contributed by atoms with Crippen LogP contribution in [0.15, 0.2) is 41.8 Å². The van der Waals surface area contributed by atoms with E-state index in [1.807, 2.05) is 53.6 Å². The van der Waals surface area contributed by atoms with Crippen molar-refractivity contribution in [3.05, 3.63) is 53.0 Å². The number of ether oxygens (including phenoxy) is 1. The molecule has 1 saturated heterocycles. The van der Waals surface area contributed by atoms with Gasteiger partial charge in [-0.3, -0.25) is 9.59 Å². The summed E-state index contributed by atoms with van der Waals surface area (Å²) in [6.45, 7) is 5.72. The molecule has 3 aromatic rings. The van der Waals surface area contributed by atoms with Gasteiger partial charge in [-0.25, -0.2) is 0 Å². The van der Waals surface area contributed by atoms with Gasteiger partial charge in [0.05, 0.1) is 7.11 Å². The molecular weight excluding hydrogens is 434 g/mol. The van der Waals surface area contributed by atoms with Gasteiger partial charge in [-0.05, 0) is 49.1 Å². The van der Waals surface area contributed by atoms with E-state index >= 15 is 0 Å². The zero-order valence-electron chi connectivity index (χ0n) is 17.9. The van der Waals surface area contributed by atoms with Crippen molar-refractivity contribution in [1.29, 1.82) is 0 Å². The normalized spacial score (nSPS) is 17.7. The number of carbonyl (C=O) groups is 2. The van der Waals surface area contributed by atoms with Gasteiger partial charge in [-0.15, -0.1) is 22.9 Å². The third-order valence-electron chi connectivity index (χ3n) is 5.73. The van der Waals surface area contributed by atoms with E-state index in [1.165, 1.54) is 0 Å². The fourth-order valence-electron chi connectivity index (χ4n) is 4.12. The molecule has 0 bridgehead atoms. The minimum absolute atomic E-state index is 0.0100. The number of piperazine rings is 1. The Balaban J connectivity index is 1.59. The third-order valence-corrected chi connectivity index (χ3v) is 6.87. The number of nitrogens with zero attached hydrogens (tertiary/aromatic N) is 3. The number of amides is 2. The van der Waals surface area contributed by atoms with Crippen LogP contribution in [0.1, 0.15) is 29.9 Å². The average Bonchev–Trinajstić information content (AvgIpc) is 3.35. The van der Waals surface area contributed by atoms with E-state index in [4.69, 9.17) is 16.3 Å². The van der Waals surface area contributed by atoms with E-state index in [2.05, 4.69) is 4.57 Å². The molecule has 0 N–H and O–H groups in total. The minimum Gasteiger partial charge on any atom is -0.497 e. The maximum atomic E-state index is 13.5. The van der Waals surface area contributed by atoms with Gasteiger partial charge in [0, 0.05) is 37.6 Å². The molecule has 0 aliphatic carbocycles. The smallest absolute Gasteiger partial charge is 0.270 e. The Morgan fingerprint density at radius 2 is 2.06 bits per heavy atom. The monoisotopic (exact) mass is 459 g/mol. The lowest BCUT2D eigenvalue weighted by atomic mass is 10.1. The number of thiophene rings is 1. The highest BCUT2D eigenvalue weighted by molar-refractivity contribution is 7.16. The molecular formula is C23H26ClN3O3S. The molecule has 6 nitrogen and oxygen atoms in total. The molecule has 1 aromatic carbocycles. The van der Waals surface area contributed by atoms with Crippen molar-refractivity contribution >= 4 is 45.0 Å². The molecule has 2 unspecified atom stereocenters. The molecule has 1 aliphatic rings. The van der Waals surface area contributed by atoms with Gasteiger partial charge in [-0.1, -0.05) is 12.1 Å². The summed E-state index contributed by atoms with van der Waals surface area (Å²) < 4.78 is 7.44. The summed E-state index contributed by atoms with van der Waals surface area (Å²) in [5, 5.41) is 2.55. The van der Waals surface area contributed by atoms with Crippen molar-refractivity contribution in [3.63, 3.8) is 0 Å². The van der Waals surface area contributed by atoms with Crippen LogP contribution in [0.25, 0.3) is 10.2 Å². The summed E-state index contributed by atoms with van der Waals surface area (Å²) in [6.07, 6.45) is 0. The summed E-state index contributed by atoms with van der Waals surface area (Å²) >= 11 is 7.62. The van der Waals surface area contributed by atoms with Gasteiger partial charge in [0.25, 0.3) is 5.91 Å².